The molecule has 0 saturated carbocycles. The number of aromatic nitrogens is 1. The number of carbonyl (C=O) groups excluding carboxylic acids is 2. The highest BCUT2D eigenvalue weighted by Crippen LogP contribution is 2.40. The van der Waals surface area contributed by atoms with Crippen LogP contribution >= 0.6 is 0 Å². The molecule has 2 aromatic heterocycles. The quantitative estimate of drug-likeness (QED) is 0.222. The Morgan fingerprint density at radius 2 is 1.83 bits per heavy atom. The van der Waals surface area contributed by atoms with Crippen molar-refractivity contribution >= 4 is 17.4 Å². The van der Waals surface area contributed by atoms with Crippen LogP contribution in [0.1, 0.15) is 34.1 Å². The minimum atomic E-state index is -0.863. The zero-order chi connectivity index (χ0) is 25.1. The number of ketones is 1. The summed E-state index contributed by atoms with van der Waals surface area (Å²) in [6.45, 7) is 2.58. The van der Waals surface area contributed by atoms with Crippen molar-refractivity contribution in [2.24, 2.45) is 0 Å². The summed E-state index contributed by atoms with van der Waals surface area (Å²) in [6.07, 6.45) is 4.74. The lowest BCUT2D eigenvalue weighted by Crippen LogP contribution is -2.29. The molecular weight excluding hydrogens is 456 g/mol. The molecule has 1 atom stereocenters. The molecule has 1 aliphatic heterocycles. The van der Waals surface area contributed by atoms with Gasteiger partial charge in [-0.05, 0) is 60.5 Å². The number of aliphatic hydroxyl groups is 1. The standard InChI is InChI=1S/C29H24N2O5/c1-19-5-2-6-20(15-19)18-36-23-11-9-22(10-12-23)27(32)25-26(24-8-4-14-35-24)31(29(34)28(25)33)17-21-7-3-13-30-16-21/h2-16,26,32H,17-18H2,1H3/b27-25+. The molecule has 0 radical (unpaired) electrons. The summed E-state index contributed by atoms with van der Waals surface area (Å²) in [5.41, 5.74) is 3.34. The van der Waals surface area contributed by atoms with Crippen LogP contribution < -0.4 is 4.74 Å². The number of amides is 1. The lowest BCUT2D eigenvalue weighted by Gasteiger charge is -2.23. The summed E-state index contributed by atoms with van der Waals surface area (Å²) in [5.74, 6) is -0.739. The van der Waals surface area contributed by atoms with Crippen LogP contribution in [0.25, 0.3) is 5.76 Å². The minimum Gasteiger partial charge on any atom is -0.507 e. The number of aliphatic hydroxyl groups excluding tert-OH is 1. The van der Waals surface area contributed by atoms with E-state index in [0.29, 0.717) is 23.7 Å². The molecule has 1 saturated heterocycles. The van der Waals surface area contributed by atoms with E-state index >= 15 is 0 Å². The zero-order valence-electron chi connectivity index (χ0n) is 19.6. The molecule has 4 aromatic rings. The van der Waals surface area contributed by atoms with Gasteiger partial charge >= 0.3 is 0 Å². The predicted molar refractivity (Wildman–Crippen MR) is 133 cm³/mol. The molecule has 7 nitrogen and oxygen atoms in total. The van der Waals surface area contributed by atoms with E-state index in [2.05, 4.69) is 11.1 Å². The van der Waals surface area contributed by atoms with Gasteiger partial charge in [-0.3, -0.25) is 14.6 Å². The normalized spacial score (nSPS) is 16.9. The van der Waals surface area contributed by atoms with Gasteiger partial charge in [0.1, 0.15) is 29.9 Å². The smallest absolute Gasteiger partial charge is 0.296 e. The number of hydrogen-bond acceptors (Lipinski definition) is 6. The van der Waals surface area contributed by atoms with Gasteiger partial charge in [-0.15, -0.1) is 0 Å². The number of furan rings is 1. The summed E-state index contributed by atoms with van der Waals surface area (Å²) in [7, 11) is 0. The summed E-state index contributed by atoms with van der Waals surface area (Å²) < 4.78 is 11.4. The van der Waals surface area contributed by atoms with Crippen LogP contribution in [-0.4, -0.2) is 26.7 Å². The first-order valence-corrected chi connectivity index (χ1v) is 11.5. The number of ether oxygens (including phenoxy) is 1. The molecule has 3 heterocycles. The van der Waals surface area contributed by atoms with E-state index in [4.69, 9.17) is 9.15 Å². The van der Waals surface area contributed by atoms with Gasteiger partial charge in [0.25, 0.3) is 11.7 Å². The fraction of sp³-hybridized carbons (Fsp3) is 0.138. The average molecular weight is 481 g/mol. The molecule has 1 fully saturated rings. The maximum atomic E-state index is 13.1. The zero-order valence-corrected chi connectivity index (χ0v) is 19.6. The first-order chi connectivity index (χ1) is 17.5. The van der Waals surface area contributed by atoms with Crippen molar-refractivity contribution in [2.45, 2.75) is 26.1 Å². The average Bonchev–Trinajstić information content (AvgIpc) is 3.51. The van der Waals surface area contributed by atoms with E-state index in [9.17, 15) is 14.7 Å². The van der Waals surface area contributed by atoms with Crippen LogP contribution in [0.15, 0.2) is 101 Å². The van der Waals surface area contributed by atoms with E-state index in [1.54, 1.807) is 54.9 Å². The Bertz CT molecular complexity index is 1410. The Morgan fingerprint density at radius 3 is 2.53 bits per heavy atom. The number of rotatable bonds is 7. The molecule has 5 rings (SSSR count). The van der Waals surface area contributed by atoms with Gasteiger partial charge in [0, 0.05) is 24.5 Å². The number of carbonyl (C=O) groups is 2. The largest absolute Gasteiger partial charge is 0.507 e. The summed E-state index contributed by atoms with van der Waals surface area (Å²) in [6, 6.07) is 20.9. The van der Waals surface area contributed by atoms with E-state index in [0.717, 1.165) is 16.7 Å². The molecule has 1 N–H and O–H groups in total. The molecule has 7 heteroatoms. The van der Waals surface area contributed by atoms with Gasteiger partial charge in [0.2, 0.25) is 0 Å². The number of hydrogen-bond donors (Lipinski definition) is 1. The van der Waals surface area contributed by atoms with Crippen LogP contribution in [0.2, 0.25) is 0 Å². The van der Waals surface area contributed by atoms with E-state index in [1.807, 2.05) is 31.2 Å². The van der Waals surface area contributed by atoms with Crippen LogP contribution in [0.4, 0.5) is 0 Å². The Kier molecular flexibility index (Phi) is 6.36. The van der Waals surface area contributed by atoms with Crippen molar-refractivity contribution in [3.05, 3.63) is 125 Å². The second-order valence-corrected chi connectivity index (χ2v) is 8.61. The number of pyridine rings is 1. The monoisotopic (exact) mass is 480 g/mol. The van der Waals surface area contributed by atoms with Crippen LogP contribution in [0.3, 0.4) is 0 Å². The highest BCUT2D eigenvalue weighted by atomic mass is 16.5. The number of benzene rings is 2. The molecular formula is C29H24N2O5. The van der Waals surface area contributed by atoms with Crippen LogP contribution in [0, 0.1) is 6.92 Å². The van der Waals surface area contributed by atoms with Crippen molar-refractivity contribution in [3.8, 4) is 5.75 Å². The maximum absolute atomic E-state index is 13.1. The van der Waals surface area contributed by atoms with Crippen molar-refractivity contribution in [2.75, 3.05) is 0 Å². The number of nitrogens with zero attached hydrogens (tertiary/aromatic N) is 2. The Labute approximate surface area is 208 Å². The molecule has 0 aliphatic carbocycles. The third-order valence-corrected chi connectivity index (χ3v) is 6.04. The highest BCUT2D eigenvalue weighted by molar-refractivity contribution is 6.46. The lowest BCUT2D eigenvalue weighted by atomic mass is 9.99. The second-order valence-electron chi connectivity index (χ2n) is 8.61. The van der Waals surface area contributed by atoms with Crippen LogP contribution in [-0.2, 0) is 22.7 Å². The van der Waals surface area contributed by atoms with Gasteiger partial charge < -0.3 is 19.2 Å². The van der Waals surface area contributed by atoms with Crippen molar-refractivity contribution in [1.82, 2.24) is 9.88 Å². The number of Topliss-reactive ketones (excluding diaryl/α,β-unsaturated/α-hetero) is 1. The van der Waals surface area contributed by atoms with Gasteiger partial charge in [-0.1, -0.05) is 35.9 Å². The van der Waals surface area contributed by atoms with Crippen LogP contribution in [0.5, 0.6) is 5.75 Å². The van der Waals surface area contributed by atoms with Gasteiger partial charge in [0.15, 0.2) is 0 Å². The predicted octanol–water partition coefficient (Wildman–Crippen LogP) is 5.18. The van der Waals surface area contributed by atoms with Crippen molar-refractivity contribution in [3.63, 3.8) is 0 Å². The SMILES string of the molecule is Cc1cccc(COc2ccc(/C(O)=C3\C(=O)C(=O)N(Cc4cccnc4)C3c3ccco3)cc2)c1. The Morgan fingerprint density at radius 1 is 1.03 bits per heavy atom. The van der Waals surface area contributed by atoms with Gasteiger partial charge in [-0.2, -0.15) is 0 Å². The summed E-state index contributed by atoms with van der Waals surface area (Å²) in [5, 5.41) is 11.2. The maximum Gasteiger partial charge on any atom is 0.296 e. The third kappa shape index (κ3) is 4.63. The lowest BCUT2D eigenvalue weighted by molar-refractivity contribution is -0.140. The fourth-order valence-electron chi connectivity index (χ4n) is 4.31. The van der Waals surface area contributed by atoms with Gasteiger partial charge in [0.05, 0.1) is 11.8 Å². The number of likely N-dealkylation sites (tertiary alicyclic amines) is 1. The van der Waals surface area contributed by atoms with E-state index < -0.39 is 17.7 Å². The first kappa shape index (κ1) is 23.1. The molecule has 36 heavy (non-hydrogen) atoms. The number of aryl methyl sites for hydroxylation is 1. The molecule has 0 bridgehead atoms. The fourth-order valence-corrected chi connectivity index (χ4v) is 4.31. The van der Waals surface area contributed by atoms with Crippen molar-refractivity contribution in [1.29, 1.82) is 0 Å². The second kappa shape index (κ2) is 9.92. The Hall–Kier alpha value is -4.65. The Balaban J connectivity index is 1.43. The molecule has 2 aromatic carbocycles. The molecule has 1 amide bonds. The highest BCUT2D eigenvalue weighted by Gasteiger charge is 2.47. The molecule has 1 unspecified atom stereocenters. The minimum absolute atomic E-state index is 0.0210. The summed E-state index contributed by atoms with van der Waals surface area (Å²) >= 11 is 0. The van der Waals surface area contributed by atoms with Gasteiger partial charge in [-0.25, -0.2) is 0 Å². The first-order valence-electron chi connectivity index (χ1n) is 11.5. The third-order valence-electron chi connectivity index (χ3n) is 6.04. The van der Waals surface area contributed by atoms with Crippen molar-refractivity contribution < 1.29 is 23.8 Å². The van der Waals surface area contributed by atoms with E-state index in [-0.39, 0.29) is 17.9 Å². The molecule has 180 valence electrons. The molecule has 0 spiro atoms. The topological polar surface area (TPSA) is 92.9 Å². The molecule has 1 aliphatic rings. The summed E-state index contributed by atoms with van der Waals surface area (Å²) in [4.78, 5) is 31.6. The van der Waals surface area contributed by atoms with E-state index in [1.165, 1.54) is 11.2 Å².